The van der Waals surface area contributed by atoms with Gasteiger partial charge in [0.05, 0.1) is 19.3 Å². The third-order valence-electron chi connectivity index (χ3n) is 3.85. The number of rotatable bonds is 6. The number of amides is 1. The molecule has 0 fully saturated rings. The fourth-order valence-electron chi connectivity index (χ4n) is 2.51. The van der Waals surface area contributed by atoms with Gasteiger partial charge in [0.2, 0.25) is 0 Å². The van der Waals surface area contributed by atoms with Gasteiger partial charge in [0.1, 0.15) is 9.88 Å². The molecule has 3 aromatic rings. The second-order valence-electron chi connectivity index (χ2n) is 5.79. The predicted octanol–water partition coefficient (Wildman–Crippen LogP) is 2.70. The summed E-state index contributed by atoms with van der Waals surface area (Å²) >= 11 is 0.953. The molecule has 0 aliphatic rings. The number of esters is 2. The van der Waals surface area contributed by atoms with E-state index in [0.29, 0.717) is 17.6 Å². The summed E-state index contributed by atoms with van der Waals surface area (Å²) in [5.41, 5.74) is 1.16. The third-order valence-corrected chi connectivity index (χ3v) is 5.04. The van der Waals surface area contributed by atoms with E-state index in [0.717, 1.165) is 11.3 Å². The highest BCUT2D eigenvalue weighted by atomic mass is 32.1. The number of ether oxygens (including phenoxy) is 2. The van der Waals surface area contributed by atoms with Crippen LogP contribution in [0.4, 0.5) is 5.00 Å². The maximum absolute atomic E-state index is 12.7. The molecule has 0 saturated heterocycles. The maximum atomic E-state index is 12.7. The van der Waals surface area contributed by atoms with E-state index in [2.05, 4.69) is 15.4 Å². The first kappa shape index (κ1) is 19.5. The second-order valence-corrected chi connectivity index (χ2v) is 6.81. The van der Waals surface area contributed by atoms with Gasteiger partial charge in [0, 0.05) is 18.5 Å². The molecule has 0 unspecified atom stereocenters. The number of nitrogens with zero attached hydrogens (tertiary/aromatic N) is 3. The van der Waals surface area contributed by atoms with Crippen molar-refractivity contribution in [2.75, 3.05) is 19.0 Å². The second kappa shape index (κ2) is 8.17. The Bertz CT molecular complexity index is 1020. The number of hydrogen-bond donors (Lipinski definition) is 1. The van der Waals surface area contributed by atoms with Crippen LogP contribution < -0.4 is 5.32 Å². The highest BCUT2D eigenvalue weighted by Crippen LogP contribution is 2.34. The van der Waals surface area contributed by atoms with Crippen LogP contribution in [0.5, 0.6) is 0 Å². The van der Waals surface area contributed by atoms with Crippen LogP contribution in [-0.2, 0) is 9.47 Å². The van der Waals surface area contributed by atoms with Gasteiger partial charge < -0.3 is 14.8 Å². The largest absolute Gasteiger partial charge is 0.465 e. The summed E-state index contributed by atoms with van der Waals surface area (Å²) in [6.45, 7) is 3.71. The summed E-state index contributed by atoms with van der Waals surface area (Å²) in [5.74, 6) is -1.74. The Morgan fingerprint density at radius 2 is 2.07 bits per heavy atom. The molecule has 3 heterocycles. The SMILES string of the molecule is CCCOC(=O)c1c(NC(=O)c2cc3ncccn3n2)sc(C(=O)OC)c1C. The molecule has 3 rings (SSSR count). The first-order valence-corrected chi connectivity index (χ1v) is 9.28. The molecule has 0 atom stereocenters. The van der Waals surface area contributed by atoms with Crippen molar-refractivity contribution in [3.05, 3.63) is 46.2 Å². The van der Waals surface area contributed by atoms with Crippen molar-refractivity contribution < 1.29 is 23.9 Å². The third kappa shape index (κ3) is 3.72. The number of nitrogens with one attached hydrogen (secondary N) is 1. The lowest BCUT2D eigenvalue weighted by Gasteiger charge is -2.06. The number of carbonyl (C=O) groups is 3. The fraction of sp³-hybridized carbons (Fsp3) is 0.278. The first-order chi connectivity index (χ1) is 13.5. The molecule has 0 radical (unpaired) electrons. The molecule has 10 heteroatoms. The van der Waals surface area contributed by atoms with Crippen molar-refractivity contribution in [1.29, 1.82) is 0 Å². The smallest absolute Gasteiger partial charge is 0.348 e. The van der Waals surface area contributed by atoms with Crippen molar-refractivity contribution in [1.82, 2.24) is 14.6 Å². The van der Waals surface area contributed by atoms with Crippen molar-refractivity contribution in [2.45, 2.75) is 20.3 Å². The van der Waals surface area contributed by atoms with Crippen molar-refractivity contribution in [3.8, 4) is 0 Å². The molecule has 9 nitrogen and oxygen atoms in total. The van der Waals surface area contributed by atoms with E-state index in [1.807, 2.05) is 6.92 Å². The Kier molecular flexibility index (Phi) is 5.69. The summed E-state index contributed by atoms with van der Waals surface area (Å²) in [7, 11) is 1.25. The molecular weight excluding hydrogens is 384 g/mol. The van der Waals surface area contributed by atoms with Crippen LogP contribution in [0.15, 0.2) is 24.5 Å². The number of anilines is 1. The normalized spacial score (nSPS) is 10.7. The quantitative estimate of drug-likeness (QED) is 0.631. The lowest BCUT2D eigenvalue weighted by atomic mass is 10.1. The number of fused-ring (bicyclic) bond motifs is 1. The Hall–Kier alpha value is -3.27. The van der Waals surface area contributed by atoms with E-state index in [1.165, 1.54) is 17.7 Å². The van der Waals surface area contributed by atoms with Gasteiger partial charge in [0.15, 0.2) is 11.3 Å². The lowest BCUT2D eigenvalue weighted by molar-refractivity contribution is 0.0506. The van der Waals surface area contributed by atoms with Crippen molar-refractivity contribution in [3.63, 3.8) is 0 Å². The minimum atomic E-state index is -0.613. The van der Waals surface area contributed by atoms with Gasteiger partial charge in [0.25, 0.3) is 5.91 Å². The van der Waals surface area contributed by atoms with E-state index >= 15 is 0 Å². The van der Waals surface area contributed by atoms with Crippen LogP contribution in [0.2, 0.25) is 0 Å². The summed E-state index contributed by atoms with van der Waals surface area (Å²) in [4.78, 5) is 41.5. The predicted molar refractivity (Wildman–Crippen MR) is 102 cm³/mol. The highest BCUT2D eigenvalue weighted by molar-refractivity contribution is 7.18. The Labute approximate surface area is 164 Å². The standard InChI is InChI=1S/C18H18N4O5S/c1-4-8-27-17(24)13-10(2)14(18(25)26-3)28-16(13)20-15(23)11-9-12-19-6-5-7-22(12)21-11/h5-7,9H,4,8H2,1-3H3,(H,20,23). The average molecular weight is 402 g/mol. The van der Waals surface area contributed by atoms with Gasteiger partial charge in [-0.1, -0.05) is 6.92 Å². The molecule has 1 amide bonds. The van der Waals surface area contributed by atoms with Crippen molar-refractivity contribution >= 4 is 39.8 Å². The van der Waals surface area contributed by atoms with Crippen molar-refractivity contribution in [2.24, 2.45) is 0 Å². The van der Waals surface area contributed by atoms with Gasteiger partial charge in [-0.15, -0.1) is 11.3 Å². The van der Waals surface area contributed by atoms with Crippen LogP contribution in [0.25, 0.3) is 5.65 Å². The van der Waals surface area contributed by atoms with Crippen LogP contribution in [0.1, 0.15) is 49.4 Å². The summed E-state index contributed by atoms with van der Waals surface area (Å²) in [6.07, 6.45) is 3.90. The van der Waals surface area contributed by atoms with E-state index in [1.54, 1.807) is 25.4 Å². The van der Waals surface area contributed by atoms with Crippen LogP contribution >= 0.6 is 11.3 Å². The molecule has 3 aromatic heterocycles. The topological polar surface area (TPSA) is 112 Å². The number of methoxy groups -OCH3 is 1. The van der Waals surface area contributed by atoms with Gasteiger partial charge in [-0.05, 0) is 25.0 Å². The minimum absolute atomic E-state index is 0.122. The molecule has 0 aliphatic heterocycles. The summed E-state index contributed by atoms with van der Waals surface area (Å²) in [5, 5.41) is 7.01. The number of carbonyl (C=O) groups excluding carboxylic acids is 3. The molecule has 1 N–H and O–H groups in total. The molecule has 0 aliphatic carbocycles. The Morgan fingerprint density at radius 1 is 1.29 bits per heavy atom. The van der Waals surface area contributed by atoms with Gasteiger partial charge in [-0.2, -0.15) is 5.10 Å². The van der Waals surface area contributed by atoms with E-state index < -0.39 is 17.8 Å². The molecule has 28 heavy (non-hydrogen) atoms. The van der Waals surface area contributed by atoms with Crippen LogP contribution in [-0.4, -0.2) is 46.2 Å². The van der Waals surface area contributed by atoms with Crippen LogP contribution in [0, 0.1) is 6.92 Å². The fourth-order valence-corrected chi connectivity index (χ4v) is 3.62. The Balaban J connectivity index is 1.95. The molecule has 0 bridgehead atoms. The molecular formula is C18H18N4O5S. The van der Waals surface area contributed by atoms with Gasteiger partial charge >= 0.3 is 11.9 Å². The first-order valence-electron chi connectivity index (χ1n) is 8.46. The van der Waals surface area contributed by atoms with Gasteiger partial charge in [-0.25, -0.2) is 19.1 Å². The summed E-state index contributed by atoms with van der Waals surface area (Å²) < 4.78 is 11.4. The number of aromatic nitrogens is 3. The maximum Gasteiger partial charge on any atom is 0.348 e. The van der Waals surface area contributed by atoms with E-state index in [4.69, 9.17) is 9.47 Å². The summed E-state index contributed by atoms with van der Waals surface area (Å²) in [6, 6.07) is 3.21. The highest BCUT2D eigenvalue weighted by Gasteiger charge is 2.27. The molecule has 146 valence electrons. The van der Waals surface area contributed by atoms with Gasteiger partial charge in [-0.3, -0.25) is 4.79 Å². The monoisotopic (exact) mass is 402 g/mol. The zero-order valence-corrected chi connectivity index (χ0v) is 16.3. The zero-order chi connectivity index (χ0) is 20.3. The number of thiophene rings is 1. The minimum Gasteiger partial charge on any atom is -0.465 e. The molecule has 0 aromatic carbocycles. The average Bonchev–Trinajstić information content (AvgIpc) is 3.26. The zero-order valence-electron chi connectivity index (χ0n) is 15.5. The van der Waals surface area contributed by atoms with E-state index in [-0.39, 0.29) is 27.7 Å². The molecule has 0 spiro atoms. The Morgan fingerprint density at radius 3 is 2.75 bits per heavy atom. The lowest BCUT2D eigenvalue weighted by Crippen LogP contribution is -2.15. The number of hydrogen-bond acceptors (Lipinski definition) is 8. The molecule has 0 saturated carbocycles. The van der Waals surface area contributed by atoms with Crippen LogP contribution in [0.3, 0.4) is 0 Å². The van der Waals surface area contributed by atoms with E-state index in [9.17, 15) is 14.4 Å².